The molecule has 0 aliphatic carbocycles. The summed E-state index contributed by atoms with van der Waals surface area (Å²) in [7, 11) is -3.11. The predicted octanol–water partition coefficient (Wildman–Crippen LogP) is 0.835. The molecule has 0 aromatic carbocycles. The maximum Gasteiger partial charge on any atom is 0.214 e. The molecule has 5 nitrogen and oxygen atoms in total. The Bertz CT molecular complexity index is 356. The fraction of sp³-hybridized carbons (Fsp3) is 1.00. The Balaban J connectivity index is 0.00000180. The average Bonchev–Trinajstić information content (AvgIpc) is 2.82. The van der Waals surface area contributed by atoms with E-state index < -0.39 is 10.0 Å². The monoisotopic (exact) mass is 312 g/mol. The quantitative estimate of drug-likeness (QED) is 0.816. The summed E-state index contributed by atoms with van der Waals surface area (Å²) in [5, 5.41) is 0. The van der Waals surface area contributed by atoms with Gasteiger partial charge in [-0.2, -0.15) is 0 Å². The number of ether oxygens (including phenoxy) is 1. The topological polar surface area (TPSA) is 72.6 Å². The van der Waals surface area contributed by atoms with Crippen LogP contribution in [0, 0.1) is 11.8 Å². The van der Waals surface area contributed by atoms with Gasteiger partial charge in [-0.3, -0.25) is 0 Å². The van der Waals surface area contributed by atoms with E-state index in [0.29, 0.717) is 38.8 Å². The van der Waals surface area contributed by atoms with Gasteiger partial charge >= 0.3 is 0 Å². The number of piperidine rings is 1. The Hall–Kier alpha value is 0.120. The molecular weight excluding hydrogens is 288 g/mol. The summed E-state index contributed by atoms with van der Waals surface area (Å²) in [6.07, 6.45) is 3.87. The van der Waals surface area contributed by atoms with Crippen LogP contribution in [0.5, 0.6) is 0 Å². The van der Waals surface area contributed by atoms with Gasteiger partial charge in [0.15, 0.2) is 0 Å². The third kappa shape index (κ3) is 4.86. The van der Waals surface area contributed by atoms with Crippen molar-refractivity contribution < 1.29 is 13.2 Å². The third-order valence-corrected chi connectivity index (χ3v) is 5.93. The number of rotatable bonds is 5. The van der Waals surface area contributed by atoms with Crippen molar-refractivity contribution in [3.63, 3.8) is 0 Å². The van der Waals surface area contributed by atoms with Crippen molar-refractivity contribution in [1.29, 1.82) is 0 Å². The Morgan fingerprint density at radius 3 is 2.68 bits per heavy atom. The summed E-state index contributed by atoms with van der Waals surface area (Å²) in [4.78, 5) is 0. The number of hydrogen-bond acceptors (Lipinski definition) is 4. The SMILES string of the molecule is Cl.NCCC1CCCN(S(=O)(=O)CC2CCOC2)C1. The van der Waals surface area contributed by atoms with Crippen LogP contribution in [-0.4, -0.2) is 51.3 Å². The van der Waals surface area contributed by atoms with Crippen molar-refractivity contribution >= 4 is 22.4 Å². The standard InChI is InChI=1S/C12H24N2O3S.ClH/c13-5-3-11-2-1-6-14(8-11)18(15,16)10-12-4-7-17-9-12;/h11-12H,1-10,13H2;1H. The molecule has 0 amide bonds. The number of sulfonamides is 1. The molecule has 0 aromatic heterocycles. The average molecular weight is 313 g/mol. The highest BCUT2D eigenvalue weighted by molar-refractivity contribution is 7.89. The van der Waals surface area contributed by atoms with E-state index in [2.05, 4.69) is 0 Å². The molecule has 2 saturated heterocycles. The maximum absolute atomic E-state index is 12.3. The molecular formula is C12H25ClN2O3S. The van der Waals surface area contributed by atoms with E-state index in [9.17, 15) is 8.42 Å². The maximum atomic E-state index is 12.3. The van der Waals surface area contributed by atoms with E-state index in [1.807, 2.05) is 0 Å². The van der Waals surface area contributed by atoms with Crippen LogP contribution >= 0.6 is 12.4 Å². The van der Waals surface area contributed by atoms with Gasteiger partial charge in [-0.25, -0.2) is 12.7 Å². The Labute approximate surface area is 122 Å². The Kier molecular flexibility index (Phi) is 7.04. The fourth-order valence-corrected chi connectivity index (χ4v) is 4.78. The van der Waals surface area contributed by atoms with Gasteiger partial charge in [-0.05, 0) is 44.1 Å². The molecule has 2 fully saturated rings. The lowest BCUT2D eigenvalue weighted by molar-refractivity contribution is 0.188. The molecule has 0 spiro atoms. The van der Waals surface area contributed by atoms with Gasteiger partial charge in [0.25, 0.3) is 0 Å². The largest absolute Gasteiger partial charge is 0.381 e. The fourth-order valence-electron chi connectivity index (χ4n) is 2.87. The molecule has 2 unspecified atom stereocenters. The van der Waals surface area contributed by atoms with Gasteiger partial charge in [0.05, 0.1) is 12.4 Å². The molecule has 7 heteroatoms. The summed E-state index contributed by atoms with van der Waals surface area (Å²) in [5.74, 6) is 0.880. The van der Waals surface area contributed by atoms with E-state index in [1.165, 1.54) is 0 Å². The molecule has 0 aromatic rings. The second-order valence-electron chi connectivity index (χ2n) is 5.45. The molecule has 2 heterocycles. The minimum atomic E-state index is -3.11. The van der Waals surface area contributed by atoms with Crippen LogP contribution in [0.25, 0.3) is 0 Å². The van der Waals surface area contributed by atoms with Crippen molar-refractivity contribution in [1.82, 2.24) is 4.31 Å². The lowest BCUT2D eigenvalue weighted by Gasteiger charge is -2.32. The first kappa shape index (κ1) is 17.2. The summed E-state index contributed by atoms with van der Waals surface area (Å²) in [5.41, 5.74) is 5.56. The van der Waals surface area contributed by atoms with E-state index in [4.69, 9.17) is 10.5 Å². The molecule has 0 radical (unpaired) electrons. The normalized spacial score (nSPS) is 29.1. The third-order valence-electron chi connectivity index (χ3n) is 3.92. The minimum absolute atomic E-state index is 0. The van der Waals surface area contributed by atoms with Gasteiger partial charge in [-0.1, -0.05) is 0 Å². The van der Waals surface area contributed by atoms with Crippen LogP contribution < -0.4 is 5.73 Å². The number of hydrogen-bond donors (Lipinski definition) is 1. The highest BCUT2D eigenvalue weighted by Gasteiger charge is 2.31. The molecule has 0 bridgehead atoms. The molecule has 19 heavy (non-hydrogen) atoms. The summed E-state index contributed by atoms with van der Waals surface area (Å²) >= 11 is 0. The predicted molar refractivity (Wildman–Crippen MR) is 77.9 cm³/mol. The van der Waals surface area contributed by atoms with Gasteiger partial charge in [0.1, 0.15) is 0 Å². The number of nitrogens with two attached hydrogens (primary N) is 1. The first-order valence-corrected chi connectivity index (χ1v) is 8.48. The summed E-state index contributed by atoms with van der Waals surface area (Å²) < 4.78 is 31.6. The lowest BCUT2D eigenvalue weighted by atomic mass is 9.96. The van der Waals surface area contributed by atoms with Gasteiger partial charge in [0, 0.05) is 19.7 Å². The zero-order chi connectivity index (χ0) is 13.0. The zero-order valence-electron chi connectivity index (χ0n) is 11.3. The van der Waals surface area contributed by atoms with Crippen LogP contribution in [-0.2, 0) is 14.8 Å². The highest BCUT2D eigenvalue weighted by atomic mass is 35.5. The second kappa shape index (κ2) is 7.78. The van der Waals surface area contributed by atoms with Crippen molar-refractivity contribution in [3.8, 4) is 0 Å². The van der Waals surface area contributed by atoms with Gasteiger partial charge in [-0.15, -0.1) is 12.4 Å². The van der Waals surface area contributed by atoms with Crippen LogP contribution in [0.4, 0.5) is 0 Å². The molecule has 2 aliphatic rings. The first-order valence-electron chi connectivity index (χ1n) is 6.87. The first-order chi connectivity index (χ1) is 8.62. The van der Waals surface area contributed by atoms with Gasteiger partial charge in [0.2, 0.25) is 10.0 Å². The van der Waals surface area contributed by atoms with Crippen molar-refractivity contribution in [2.24, 2.45) is 17.6 Å². The summed E-state index contributed by atoms with van der Waals surface area (Å²) in [6, 6.07) is 0. The number of halogens is 1. The van der Waals surface area contributed by atoms with Crippen LogP contribution in [0.15, 0.2) is 0 Å². The lowest BCUT2D eigenvalue weighted by Crippen LogP contribution is -2.42. The molecule has 2 atom stereocenters. The zero-order valence-corrected chi connectivity index (χ0v) is 12.9. The molecule has 114 valence electrons. The highest BCUT2D eigenvalue weighted by Crippen LogP contribution is 2.24. The molecule has 2 N–H and O–H groups in total. The minimum Gasteiger partial charge on any atom is -0.381 e. The van der Waals surface area contributed by atoms with Crippen molar-refractivity contribution in [2.75, 3.05) is 38.6 Å². The van der Waals surface area contributed by atoms with E-state index in [1.54, 1.807) is 4.31 Å². The van der Waals surface area contributed by atoms with Crippen LogP contribution in [0.2, 0.25) is 0 Å². The molecule has 2 rings (SSSR count). The van der Waals surface area contributed by atoms with Crippen molar-refractivity contribution in [3.05, 3.63) is 0 Å². The summed E-state index contributed by atoms with van der Waals surface area (Å²) in [6.45, 7) is 3.29. The number of nitrogens with zero attached hydrogens (tertiary/aromatic N) is 1. The molecule has 0 saturated carbocycles. The van der Waals surface area contributed by atoms with E-state index in [0.717, 1.165) is 25.7 Å². The Morgan fingerprint density at radius 2 is 2.05 bits per heavy atom. The van der Waals surface area contributed by atoms with E-state index >= 15 is 0 Å². The second-order valence-corrected chi connectivity index (χ2v) is 7.47. The smallest absolute Gasteiger partial charge is 0.214 e. The van der Waals surface area contributed by atoms with Crippen LogP contribution in [0.3, 0.4) is 0 Å². The van der Waals surface area contributed by atoms with Gasteiger partial charge < -0.3 is 10.5 Å². The Morgan fingerprint density at radius 1 is 1.26 bits per heavy atom. The molecule has 2 aliphatic heterocycles. The van der Waals surface area contributed by atoms with E-state index in [-0.39, 0.29) is 24.1 Å². The van der Waals surface area contributed by atoms with Crippen LogP contribution in [0.1, 0.15) is 25.7 Å². The van der Waals surface area contributed by atoms with Crippen molar-refractivity contribution in [2.45, 2.75) is 25.7 Å².